The molecule has 184 valence electrons. The summed E-state index contributed by atoms with van der Waals surface area (Å²) in [6.45, 7) is 2.33. The number of nitrogens with one attached hydrogen (secondary N) is 1. The Morgan fingerprint density at radius 1 is 1.18 bits per heavy atom. The predicted octanol–water partition coefficient (Wildman–Crippen LogP) is 3.18. The highest BCUT2D eigenvalue weighted by molar-refractivity contribution is 7.99. The molecular weight excluding hydrogens is 442 g/mol. The summed E-state index contributed by atoms with van der Waals surface area (Å²) in [6, 6.07) is 5.98. The van der Waals surface area contributed by atoms with Crippen molar-refractivity contribution < 1.29 is 24.2 Å². The Morgan fingerprint density at radius 2 is 1.85 bits per heavy atom. The van der Waals surface area contributed by atoms with E-state index in [0.717, 1.165) is 50.0 Å². The minimum atomic E-state index is -1.09. The second-order valence-electron chi connectivity index (χ2n) is 8.17. The van der Waals surface area contributed by atoms with Crippen LogP contribution in [0.2, 0.25) is 0 Å². The summed E-state index contributed by atoms with van der Waals surface area (Å²) in [5.41, 5.74) is 6.11. The molecule has 0 unspecified atom stereocenters. The number of ether oxygens (including phenoxy) is 1. The quantitative estimate of drug-likeness (QED) is 0.259. The first-order chi connectivity index (χ1) is 16.0. The second-order valence-corrected chi connectivity index (χ2v) is 9.23. The molecule has 9 heteroatoms. The molecule has 1 aromatic rings. The van der Waals surface area contributed by atoms with E-state index in [1.807, 2.05) is 12.1 Å². The fraction of sp³-hybridized carbons (Fsp3) is 0.625. The first-order valence-corrected chi connectivity index (χ1v) is 12.8. The minimum Gasteiger partial charge on any atom is -0.480 e. The molecule has 0 aromatic heterocycles. The SMILES string of the molecule is CCOC(=O)[C@H](CCCCCCCCCN)N[C@H]1CSc2ccccc2N(CC(=O)O)C1=O. The van der Waals surface area contributed by atoms with E-state index in [1.54, 1.807) is 19.1 Å². The van der Waals surface area contributed by atoms with Gasteiger partial charge in [0.05, 0.1) is 18.3 Å². The smallest absolute Gasteiger partial charge is 0.323 e. The van der Waals surface area contributed by atoms with Gasteiger partial charge in [-0.05, 0) is 38.4 Å². The molecule has 0 spiro atoms. The van der Waals surface area contributed by atoms with E-state index in [1.165, 1.54) is 23.1 Å². The number of carbonyl (C=O) groups is 3. The number of thioether (sulfide) groups is 1. The third kappa shape index (κ3) is 8.98. The number of carboxylic acid groups (broad SMARTS) is 1. The van der Waals surface area contributed by atoms with E-state index in [2.05, 4.69) is 5.32 Å². The molecule has 33 heavy (non-hydrogen) atoms. The molecule has 8 nitrogen and oxygen atoms in total. The number of unbranched alkanes of at least 4 members (excludes halogenated alkanes) is 6. The van der Waals surface area contributed by atoms with Gasteiger partial charge in [-0.15, -0.1) is 11.8 Å². The van der Waals surface area contributed by atoms with Gasteiger partial charge < -0.3 is 15.6 Å². The van der Waals surface area contributed by atoms with Crippen molar-refractivity contribution in [2.24, 2.45) is 5.73 Å². The molecule has 4 N–H and O–H groups in total. The zero-order valence-corrected chi connectivity index (χ0v) is 20.3. The monoisotopic (exact) mass is 479 g/mol. The molecule has 1 aromatic carbocycles. The molecule has 1 amide bonds. The van der Waals surface area contributed by atoms with Crippen LogP contribution in [0, 0.1) is 0 Å². The molecule has 0 radical (unpaired) electrons. The third-order valence-electron chi connectivity index (χ3n) is 5.59. The highest BCUT2D eigenvalue weighted by Gasteiger charge is 2.34. The van der Waals surface area contributed by atoms with E-state index < -0.39 is 24.6 Å². The normalized spacial score (nSPS) is 16.7. The number of amides is 1. The Bertz CT molecular complexity index is 776. The number of carboxylic acids is 1. The van der Waals surface area contributed by atoms with Crippen LogP contribution in [0.4, 0.5) is 5.69 Å². The molecule has 2 rings (SSSR count). The molecule has 0 aliphatic carbocycles. The lowest BCUT2D eigenvalue weighted by Gasteiger charge is -2.27. The number of benzene rings is 1. The highest BCUT2D eigenvalue weighted by atomic mass is 32.2. The Morgan fingerprint density at radius 3 is 2.52 bits per heavy atom. The molecular formula is C24H37N3O5S. The highest BCUT2D eigenvalue weighted by Crippen LogP contribution is 2.34. The van der Waals surface area contributed by atoms with E-state index >= 15 is 0 Å². The first kappa shape index (κ1) is 27.1. The van der Waals surface area contributed by atoms with E-state index in [0.29, 0.717) is 17.9 Å². The molecule has 1 aliphatic rings. The number of aliphatic carboxylic acids is 1. The van der Waals surface area contributed by atoms with E-state index in [-0.39, 0.29) is 18.5 Å². The standard InChI is InChI=1S/C24H37N3O5S/c1-2-32-24(31)18(12-8-6-4-3-5-7-11-15-25)26-19-17-33-21-14-10-9-13-20(21)27(23(19)30)16-22(28)29/h9-10,13-14,18-19,26H,2-8,11-12,15-17,25H2,1H3,(H,28,29)/t18-,19-/m0/s1. The van der Waals surface area contributed by atoms with E-state index in [4.69, 9.17) is 10.5 Å². The summed E-state index contributed by atoms with van der Waals surface area (Å²) in [7, 11) is 0. The molecule has 0 fully saturated rings. The fourth-order valence-corrected chi connectivity index (χ4v) is 4.99. The Balaban J connectivity index is 2.01. The van der Waals surface area contributed by atoms with Gasteiger partial charge in [0, 0.05) is 10.6 Å². The van der Waals surface area contributed by atoms with Crippen LogP contribution >= 0.6 is 11.8 Å². The molecule has 2 atom stereocenters. The third-order valence-corrected chi connectivity index (χ3v) is 6.75. The lowest BCUT2D eigenvalue weighted by atomic mass is 10.0. The van der Waals surface area contributed by atoms with E-state index in [9.17, 15) is 19.5 Å². The van der Waals surface area contributed by atoms with Gasteiger partial charge >= 0.3 is 11.9 Å². The molecule has 0 saturated carbocycles. The van der Waals surface area contributed by atoms with Crippen LogP contribution in [0.3, 0.4) is 0 Å². The molecule has 0 saturated heterocycles. The number of nitrogens with two attached hydrogens (primary N) is 1. The summed E-state index contributed by atoms with van der Waals surface area (Å²) in [6.07, 6.45) is 8.06. The Hall–Kier alpha value is -2.10. The van der Waals surface area contributed by atoms with Gasteiger partial charge in [0.25, 0.3) is 0 Å². The number of anilines is 1. The van der Waals surface area contributed by atoms with Gasteiger partial charge in [0.15, 0.2) is 0 Å². The van der Waals surface area contributed by atoms with Crippen LogP contribution < -0.4 is 16.0 Å². The number of rotatable bonds is 15. The maximum absolute atomic E-state index is 13.3. The van der Waals surface area contributed by atoms with Gasteiger partial charge in [-0.2, -0.15) is 0 Å². The molecule has 0 bridgehead atoms. The molecule has 1 heterocycles. The number of carbonyl (C=O) groups excluding carboxylic acids is 2. The lowest BCUT2D eigenvalue weighted by Crippen LogP contribution is -2.54. The first-order valence-electron chi connectivity index (χ1n) is 11.9. The number of hydrogen-bond acceptors (Lipinski definition) is 7. The maximum atomic E-state index is 13.3. The van der Waals surface area contributed by atoms with Crippen LogP contribution in [0.5, 0.6) is 0 Å². The summed E-state index contributed by atoms with van der Waals surface area (Å²) >= 11 is 1.48. The zero-order valence-electron chi connectivity index (χ0n) is 19.5. The number of fused-ring (bicyclic) bond motifs is 1. The topological polar surface area (TPSA) is 122 Å². The summed E-state index contributed by atoms with van der Waals surface area (Å²) in [5, 5.41) is 12.6. The second kappa shape index (κ2) is 14.9. The van der Waals surface area contributed by atoms with Gasteiger partial charge in [-0.3, -0.25) is 24.6 Å². The van der Waals surface area contributed by atoms with Crippen molar-refractivity contribution in [3.05, 3.63) is 24.3 Å². The van der Waals surface area contributed by atoms with Crippen LogP contribution in [0.15, 0.2) is 29.2 Å². The molecule has 1 aliphatic heterocycles. The Labute approximate surface area is 200 Å². The maximum Gasteiger partial charge on any atom is 0.323 e. The van der Waals surface area contributed by atoms with Crippen molar-refractivity contribution in [2.75, 3.05) is 30.3 Å². The van der Waals surface area contributed by atoms with Crippen molar-refractivity contribution in [1.29, 1.82) is 0 Å². The predicted molar refractivity (Wildman–Crippen MR) is 130 cm³/mol. The number of esters is 1. The van der Waals surface area contributed by atoms with Crippen molar-refractivity contribution in [2.45, 2.75) is 75.3 Å². The average Bonchev–Trinajstić information content (AvgIpc) is 2.92. The van der Waals surface area contributed by atoms with Crippen molar-refractivity contribution in [1.82, 2.24) is 5.32 Å². The van der Waals surface area contributed by atoms with Gasteiger partial charge in [-0.1, -0.05) is 50.7 Å². The van der Waals surface area contributed by atoms with Crippen LogP contribution in [0.25, 0.3) is 0 Å². The lowest BCUT2D eigenvalue weighted by molar-refractivity contribution is -0.146. The summed E-state index contributed by atoms with van der Waals surface area (Å²) in [4.78, 5) is 39.5. The number of nitrogens with zero attached hydrogens (tertiary/aromatic N) is 1. The average molecular weight is 480 g/mol. The van der Waals surface area contributed by atoms with Gasteiger partial charge in [-0.25, -0.2) is 0 Å². The largest absolute Gasteiger partial charge is 0.480 e. The Kier molecular flexibility index (Phi) is 12.3. The van der Waals surface area contributed by atoms with Gasteiger partial charge in [0.2, 0.25) is 5.91 Å². The van der Waals surface area contributed by atoms with Crippen LogP contribution in [-0.2, 0) is 19.1 Å². The fourth-order valence-electron chi connectivity index (χ4n) is 3.90. The van der Waals surface area contributed by atoms with Crippen LogP contribution in [-0.4, -0.2) is 60.5 Å². The summed E-state index contributed by atoms with van der Waals surface area (Å²) < 4.78 is 5.25. The number of para-hydroxylation sites is 1. The van der Waals surface area contributed by atoms with Crippen molar-refractivity contribution in [3.63, 3.8) is 0 Å². The van der Waals surface area contributed by atoms with Crippen LogP contribution in [0.1, 0.15) is 58.3 Å². The number of hydrogen-bond donors (Lipinski definition) is 3. The zero-order chi connectivity index (χ0) is 24.1. The van der Waals surface area contributed by atoms with Crippen molar-refractivity contribution in [3.8, 4) is 0 Å². The van der Waals surface area contributed by atoms with Gasteiger partial charge in [0.1, 0.15) is 12.6 Å². The minimum absolute atomic E-state index is 0.266. The van der Waals surface area contributed by atoms with Crippen molar-refractivity contribution >= 4 is 35.3 Å². The summed E-state index contributed by atoms with van der Waals surface area (Å²) in [5.74, 6) is -1.39.